The summed E-state index contributed by atoms with van der Waals surface area (Å²) in [7, 11) is -3.58. The fourth-order valence-electron chi connectivity index (χ4n) is 1.98. The molecule has 4 nitrogen and oxygen atoms in total. The van der Waals surface area contributed by atoms with Crippen LogP contribution in [0, 0.1) is 6.92 Å². The Labute approximate surface area is 111 Å². The topological polar surface area (TPSA) is 52.0 Å². The van der Waals surface area contributed by atoms with Crippen molar-refractivity contribution in [1.29, 1.82) is 0 Å². The van der Waals surface area contributed by atoms with Crippen LogP contribution in [0.5, 0.6) is 0 Å². The largest absolute Gasteiger partial charge is 0.269 e. The maximum Gasteiger partial charge on any atom is 0.269 e. The van der Waals surface area contributed by atoms with Crippen molar-refractivity contribution >= 4 is 21.1 Å². The zero-order valence-corrected chi connectivity index (χ0v) is 11.1. The number of pyridine rings is 1. The molecule has 0 fully saturated rings. The van der Waals surface area contributed by atoms with E-state index in [0.29, 0.717) is 5.65 Å². The van der Waals surface area contributed by atoms with Gasteiger partial charge in [0.1, 0.15) is 0 Å². The Morgan fingerprint density at radius 2 is 1.74 bits per heavy atom. The van der Waals surface area contributed by atoms with Gasteiger partial charge in [0.05, 0.1) is 4.90 Å². The van der Waals surface area contributed by atoms with Crippen molar-refractivity contribution in [1.82, 2.24) is 8.96 Å². The lowest BCUT2D eigenvalue weighted by molar-refractivity contribution is 0.588. The second kappa shape index (κ2) is 4.20. The molecule has 2 aromatic heterocycles. The van der Waals surface area contributed by atoms with E-state index in [4.69, 9.17) is 0 Å². The number of nitrogens with zero attached hydrogens (tertiary/aromatic N) is 2. The highest BCUT2D eigenvalue weighted by Crippen LogP contribution is 2.20. The van der Waals surface area contributed by atoms with E-state index in [-0.39, 0.29) is 4.90 Å². The molecule has 0 saturated carbocycles. The molecular formula is C14H12N2O2S. The van der Waals surface area contributed by atoms with Crippen LogP contribution in [0.15, 0.2) is 59.6 Å². The predicted molar refractivity (Wildman–Crippen MR) is 73.5 cm³/mol. The molecule has 5 heteroatoms. The minimum absolute atomic E-state index is 0.260. The Balaban J connectivity index is 2.28. The van der Waals surface area contributed by atoms with Gasteiger partial charge in [-0.05, 0) is 37.3 Å². The molecule has 1 aromatic carbocycles. The van der Waals surface area contributed by atoms with Gasteiger partial charge in [-0.15, -0.1) is 0 Å². The number of hydrogen-bond donors (Lipinski definition) is 0. The first-order valence-electron chi connectivity index (χ1n) is 5.84. The van der Waals surface area contributed by atoms with Gasteiger partial charge in [0.2, 0.25) is 0 Å². The molecule has 96 valence electrons. The summed E-state index contributed by atoms with van der Waals surface area (Å²) in [5.74, 6) is 0. The van der Waals surface area contributed by atoms with E-state index in [2.05, 4.69) is 4.98 Å². The maximum absolute atomic E-state index is 12.5. The third kappa shape index (κ3) is 1.92. The van der Waals surface area contributed by atoms with Crippen molar-refractivity contribution in [3.05, 3.63) is 60.4 Å². The van der Waals surface area contributed by atoms with Crippen LogP contribution in [0.4, 0.5) is 0 Å². The summed E-state index contributed by atoms with van der Waals surface area (Å²) in [6.07, 6.45) is 1.54. The van der Waals surface area contributed by atoms with Gasteiger partial charge in [-0.25, -0.2) is 17.4 Å². The van der Waals surface area contributed by atoms with Crippen LogP contribution in [-0.4, -0.2) is 17.4 Å². The van der Waals surface area contributed by atoms with Crippen molar-refractivity contribution in [3.8, 4) is 0 Å². The van der Waals surface area contributed by atoms with Gasteiger partial charge in [-0.1, -0.05) is 18.2 Å². The van der Waals surface area contributed by atoms with Crippen LogP contribution in [-0.2, 0) is 10.0 Å². The number of rotatable bonds is 2. The molecule has 2 heterocycles. The molecular weight excluding hydrogens is 260 g/mol. The minimum atomic E-state index is -3.58. The average Bonchev–Trinajstić information content (AvgIpc) is 2.83. The number of fused-ring (bicyclic) bond motifs is 1. The molecule has 0 spiro atoms. The highest BCUT2D eigenvalue weighted by molar-refractivity contribution is 7.90. The molecule has 0 radical (unpaired) electrons. The van der Waals surface area contributed by atoms with Crippen LogP contribution >= 0.6 is 0 Å². The van der Waals surface area contributed by atoms with E-state index in [1.54, 1.807) is 42.6 Å². The van der Waals surface area contributed by atoms with Gasteiger partial charge in [-0.2, -0.15) is 0 Å². The molecule has 0 bridgehead atoms. The lowest BCUT2D eigenvalue weighted by Gasteiger charge is -2.06. The average molecular weight is 272 g/mol. The monoisotopic (exact) mass is 272 g/mol. The quantitative estimate of drug-likeness (QED) is 0.720. The molecule has 19 heavy (non-hydrogen) atoms. The van der Waals surface area contributed by atoms with Gasteiger partial charge >= 0.3 is 0 Å². The Morgan fingerprint density at radius 3 is 2.47 bits per heavy atom. The fourth-order valence-corrected chi connectivity index (χ4v) is 3.30. The van der Waals surface area contributed by atoms with Crippen LogP contribution in [0.1, 0.15) is 5.69 Å². The summed E-state index contributed by atoms with van der Waals surface area (Å²) in [5, 5.41) is 0.810. The third-order valence-electron chi connectivity index (χ3n) is 2.94. The van der Waals surface area contributed by atoms with E-state index in [9.17, 15) is 8.42 Å². The van der Waals surface area contributed by atoms with Crippen molar-refractivity contribution in [2.24, 2.45) is 0 Å². The van der Waals surface area contributed by atoms with Crippen LogP contribution < -0.4 is 0 Å². The van der Waals surface area contributed by atoms with Crippen molar-refractivity contribution in [2.45, 2.75) is 11.8 Å². The van der Waals surface area contributed by atoms with E-state index in [1.165, 1.54) is 3.97 Å². The van der Waals surface area contributed by atoms with Crippen LogP contribution in [0.25, 0.3) is 11.0 Å². The fraction of sp³-hybridized carbons (Fsp3) is 0.0714. The smallest absolute Gasteiger partial charge is 0.234 e. The molecule has 0 amide bonds. The molecule has 0 unspecified atom stereocenters. The van der Waals surface area contributed by atoms with Crippen LogP contribution in [0.2, 0.25) is 0 Å². The second-order valence-electron chi connectivity index (χ2n) is 4.30. The van der Waals surface area contributed by atoms with Gasteiger partial charge in [-0.3, -0.25) is 0 Å². The first kappa shape index (κ1) is 11.9. The summed E-state index contributed by atoms with van der Waals surface area (Å²) in [6.45, 7) is 1.84. The van der Waals surface area contributed by atoms with Gasteiger partial charge < -0.3 is 0 Å². The summed E-state index contributed by atoms with van der Waals surface area (Å²) in [6, 6.07) is 13.8. The van der Waals surface area contributed by atoms with Crippen molar-refractivity contribution < 1.29 is 8.42 Å². The zero-order valence-electron chi connectivity index (χ0n) is 10.3. The van der Waals surface area contributed by atoms with Gasteiger partial charge in [0, 0.05) is 17.3 Å². The highest BCUT2D eigenvalue weighted by Gasteiger charge is 2.18. The molecule has 0 N–H and O–H groups in total. The molecule has 0 atom stereocenters. The maximum atomic E-state index is 12.5. The first-order valence-corrected chi connectivity index (χ1v) is 7.28. The minimum Gasteiger partial charge on any atom is -0.234 e. The lowest BCUT2D eigenvalue weighted by atomic mass is 10.3. The molecule has 0 aliphatic rings. The number of aryl methyl sites for hydroxylation is 1. The highest BCUT2D eigenvalue weighted by atomic mass is 32.2. The molecule has 0 saturated heterocycles. The van der Waals surface area contributed by atoms with Gasteiger partial charge in [0.15, 0.2) is 5.65 Å². The lowest BCUT2D eigenvalue weighted by Crippen LogP contribution is -2.12. The van der Waals surface area contributed by atoms with E-state index in [0.717, 1.165) is 11.1 Å². The Kier molecular flexibility index (Phi) is 2.64. The van der Waals surface area contributed by atoms with E-state index >= 15 is 0 Å². The Bertz CT molecular complexity index is 836. The molecule has 0 aliphatic carbocycles. The van der Waals surface area contributed by atoms with Crippen molar-refractivity contribution in [3.63, 3.8) is 0 Å². The number of hydrogen-bond acceptors (Lipinski definition) is 3. The summed E-state index contributed by atoms with van der Waals surface area (Å²) in [4.78, 5) is 4.57. The SMILES string of the molecule is Cc1ccc2ccn(S(=O)(=O)c3ccccc3)c2n1. The normalized spacial score (nSPS) is 11.8. The van der Waals surface area contributed by atoms with Crippen LogP contribution in [0.3, 0.4) is 0 Å². The summed E-state index contributed by atoms with van der Waals surface area (Å²) in [5.41, 5.74) is 1.25. The predicted octanol–water partition coefficient (Wildman–Crippen LogP) is 2.58. The number of benzene rings is 1. The Morgan fingerprint density at radius 1 is 1.00 bits per heavy atom. The number of aromatic nitrogens is 2. The standard InChI is InChI=1S/C14H12N2O2S/c1-11-7-8-12-9-10-16(14(12)15-11)19(17,18)13-5-3-2-4-6-13/h2-10H,1H3. The van der Waals surface area contributed by atoms with Crippen molar-refractivity contribution in [2.75, 3.05) is 0 Å². The second-order valence-corrected chi connectivity index (χ2v) is 6.11. The summed E-state index contributed by atoms with van der Waals surface area (Å²) < 4.78 is 26.3. The third-order valence-corrected chi connectivity index (χ3v) is 4.62. The van der Waals surface area contributed by atoms with E-state index in [1.807, 2.05) is 19.1 Å². The molecule has 3 rings (SSSR count). The van der Waals surface area contributed by atoms with E-state index < -0.39 is 10.0 Å². The Hall–Kier alpha value is -2.14. The van der Waals surface area contributed by atoms with Gasteiger partial charge in [0.25, 0.3) is 10.0 Å². The summed E-state index contributed by atoms with van der Waals surface area (Å²) >= 11 is 0. The zero-order chi connectivity index (χ0) is 13.5. The first-order chi connectivity index (χ1) is 9.09. The molecule has 3 aromatic rings. The molecule has 0 aliphatic heterocycles.